The number of amides is 1. The molecule has 1 saturated heterocycles. The molecule has 0 radical (unpaired) electrons. The molecule has 1 aliphatic heterocycles. The molecule has 140 valence electrons. The minimum Gasteiger partial charge on any atom is -0.336 e. The van der Waals surface area contributed by atoms with E-state index in [0.29, 0.717) is 11.7 Å². The van der Waals surface area contributed by atoms with E-state index in [1.807, 2.05) is 11.0 Å². The molecular formula is C20H29N5O. The largest absolute Gasteiger partial charge is 0.336 e. The number of rotatable bonds is 8. The third kappa shape index (κ3) is 4.49. The van der Waals surface area contributed by atoms with Crippen molar-refractivity contribution < 1.29 is 4.79 Å². The van der Waals surface area contributed by atoms with E-state index in [1.165, 1.54) is 5.56 Å². The average molecular weight is 355 g/mol. The number of hydrogen-bond acceptors (Lipinski definition) is 4. The molecule has 3 rings (SSSR count). The number of benzene rings is 1. The zero-order valence-corrected chi connectivity index (χ0v) is 15.8. The lowest BCUT2D eigenvalue weighted by atomic mass is 10.1. The minimum absolute atomic E-state index is 0.00830. The van der Waals surface area contributed by atoms with Crippen molar-refractivity contribution in [3.63, 3.8) is 0 Å². The second-order valence-corrected chi connectivity index (χ2v) is 6.87. The molecule has 1 aromatic carbocycles. The van der Waals surface area contributed by atoms with Crippen molar-refractivity contribution in [3.05, 3.63) is 47.8 Å². The van der Waals surface area contributed by atoms with Gasteiger partial charge in [-0.25, -0.2) is 0 Å². The van der Waals surface area contributed by atoms with Crippen molar-refractivity contribution in [2.75, 3.05) is 26.2 Å². The number of nitrogens with zero attached hydrogens (tertiary/aromatic N) is 5. The van der Waals surface area contributed by atoms with Gasteiger partial charge >= 0.3 is 0 Å². The molecule has 0 unspecified atom stereocenters. The molecule has 26 heavy (non-hydrogen) atoms. The van der Waals surface area contributed by atoms with E-state index < -0.39 is 0 Å². The Morgan fingerprint density at radius 2 is 2.00 bits per heavy atom. The molecular weight excluding hydrogens is 326 g/mol. The number of hydrogen-bond donors (Lipinski definition) is 0. The SMILES string of the molecule is CCN(CC)[C@H]1CCN(C(=O)c2cn(CCCc3ccccc3)nn2)C1. The third-order valence-electron chi connectivity index (χ3n) is 5.23. The average Bonchev–Trinajstić information content (AvgIpc) is 3.33. The zero-order valence-electron chi connectivity index (χ0n) is 15.8. The Labute approximate surface area is 155 Å². The molecule has 0 aliphatic carbocycles. The Bertz CT molecular complexity index is 695. The number of carbonyl (C=O) groups is 1. The summed E-state index contributed by atoms with van der Waals surface area (Å²) in [6, 6.07) is 10.9. The number of likely N-dealkylation sites (tertiary alicyclic amines) is 1. The standard InChI is InChI=1S/C20H29N5O/c1-3-23(4-2)18-12-14-24(15-18)20(26)19-16-25(22-21-19)13-8-11-17-9-6-5-7-10-17/h5-7,9-10,16,18H,3-4,8,11-15H2,1-2H3/t18-/m0/s1. The molecule has 2 heterocycles. The van der Waals surface area contributed by atoms with Crippen molar-refractivity contribution in [1.82, 2.24) is 24.8 Å². The smallest absolute Gasteiger partial charge is 0.276 e. The van der Waals surface area contributed by atoms with Crippen molar-refractivity contribution in [1.29, 1.82) is 0 Å². The highest BCUT2D eigenvalue weighted by Gasteiger charge is 2.30. The molecule has 1 atom stereocenters. The van der Waals surface area contributed by atoms with E-state index >= 15 is 0 Å². The molecule has 0 N–H and O–H groups in total. The molecule has 6 nitrogen and oxygen atoms in total. The van der Waals surface area contributed by atoms with E-state index in [1.54, 1.807) is 10.9 Å². The van der Waals surface area contributed by atoms with Gasteiger partial charge in [-0.15, -0.1) is 5.10 Å². The van der Waals surface area contributed by atoms with Gasteiger partial charge < -0.3 is 4.90 Å². The summed E-state index contributed by atoms with van der Waals surface area (Å²) < 4.78 is 1.79. The van der Waals surface area contributed by atoms with Crippen molar-refractivity contribution in [3.8, 4) is 0 Å². The fourth-order valence-electron chi connectivity index (χ4n) is 3.72. The van der Waals surface area contributed by atoms with Gasteiger partial charge in [0.15, 0.2) is 5.69 Å². The Morgan fingerprint density at radius 3 is 2.73 bits per heavy atom. The summed E-state index contributed by atoms with van der Waals surface area (Å²) in [5.41, 5.74) is 1.79. The third-order valence-corrected chi connectivity index (χ3v) is 5.23. The fourth-order valence-corrected chi connectivity index (χ4v) is 3.72. The van der Waals surface area contributed by atoms with Crippen LogP contribution >= 0.6 is 0 Å². The highest BCUT2D eigenvalue weighted by Crippen LogP contribution is 2.17. The topological polar surface area (TPSA) is 54.3 Å². The van der Waals surface area contributed by atoms with Gasteiger partial charge in [0.2, 0.25) is 0 Å². The van der Waals surface area contributed by atoms with Crippen LogP contribution in [0.15, 0.2) is 36.5 Å². The van der Waals surface area contributed by atoms with Gasteiger partial charge in [-0.05, 0) is 37.9 Å². The van der Waals surface area contributed by atoms with Crippen LogP contribution in [0.2, 0.25) is 0 Å². The maximum Gasteiger partial charge on any atom is 0.276 e. The van der Waals surface area contributed by atoms with Crippen LogP contribution in [0.25, 0.3) is 0 Å². The minimum atomic E-state index is 0.00830. The number of aromatic nitrogens is 3. The quantitative estimate of drug-likeness (QED) is 0.730. The Hall–Kier alpha value is -2.21. The molecule has 0 saturated carbocycles. The van der Waals surface area contributed by atoms with Gasteiger partial charge in [-0.3, -0.25) is 14.4 Å². The number of carbonyl (C=O) groups excluding carboxylic acids is 1. The second-order valence-electron chi connectivity index (χ2n) is 6.87. The lowest BCUT2D eigenvalue weighted by molar-refractivity contribution is 0.0772. The molecule has 1 aliphatic rings. The summed E-state index contributed by atoms with van der Waals surface area (Å²) in [5.74, 6) is 0.00830. The van der Waals surface area contributed by atoms with Crippen LogP contribution in [0.5, 0.6) is 0 Å². The molecule has 1 fully saturated rings. The first kappa shape index (κ1) is 18.6. The summed E-state index contributed by atoms with van der Waals surface area (Å²) >= 11 is 0. The monoisotopic (exact) mass is 355 g/mol. The first-order valence-corrected chi connectivity index (χ1v) is 9.68. The summed E-state index contributed by atoms with van der Waals surface area (Å²) in [6.07, 6.45) is 4.81. The fraction of sp³-hybridized carbons (Fsp3) is 0.550. The van der Waals surface area contributed by atoms with Gasteiger partial charge in [0.05, 0.1) is 6.20 Å². The predicted octanol–water partition coefficient (Wildman–Crippen LogP) is 2.47. The number of likely N-dealkylation sites (N-methyl/N-ethyl adjacent to an activating group) is 1. The second kappa shape index (κ2) is 8.94. The van der Waals surface area contributed by atoms with Crippen molar-refractivity contribution in [2.24, 2.45) is 0 Å². The Morgan fingerprint density at radius 1 is 1.23 bits per heavy atom. The maximum absolute atomic E-state index is 12.7. The van der Waals surface area contributed by atoms with Crippen molar-refractivity contribution in [2.45, 2.75) is 45.7 Å². The Kier molecular flexibility index (Phi) is 6.39. The maximum atomic E-state index is 12.7. The van der Waals surface area contributed by atoms with E-state index in [4.69, 9.17) is 0 Å². The van der Waals surface area contributed by atoms with E-state index in [-0.39, 0.29) is 5.91 Å². The van der Waals surface area contributed by atoms with Crippen LogP contribution in [0, 0.1) is 0 Å². The van der Waals surface area contributed by atoms with Gasteiger partial charge in [-0.1, -0.05) is 49.4 Å². The molecule has 0 bridgehead atoms. The molecule has 2 aromatic rings. The van der Waals surface area contributed by atoms with E-state index in [9.17, 15) is 4.79 Å². The zero-order chi connectivity index (χ0) is 18.4. The van der Waals surface area contributed by atoms with Crippen LogP contribution in [-0.4, -0.2) is 62.9 Å². The van der Waals surface area contributed by atoms with Gasteiger partial charge in [0.1, 0.15) is 0 Å². The van der Waals surface area contributed by atoms with Gasteiger partial charge in [0, 0.05) is 25.7 Å². The summed E-state index contributed by atoms with van der Waals surface area (Å²) in [5, 5.41) is 8.24. The highest BCUT2D eigenvalue weighted by molar-refractivity contribution is 5.92. The van der Waals surface area contributed by atoms with Crippen molar-refractivity contribution >= 4 is 5.91 Å². The highest BCUT2D eigenvalue weighted by atomic mass is 16.2. The number of aryl methyl sites for hydroxylation is 2. The van der Waals surface area contributed by atoms with Crippen LogP contribution < -0.4 is 0 Å². The summed E-state index contributed by atoms with van der Waals surface area (Å²) in [7, 11) is 0. The Balaban J connectivity index is 1.50. The summed E-state index contributed by atoms with van der Waals surface area (Å²) in [4.78, 5) is 17.0. The molecule has 1 aromatic heterocycles. The van der Waals surface area contributed by atoms with Crippen LogP contribution in [0.1, 0.15) is 42.7 Å². The molecule has 1 amide bonds. The van der Waals surface area contributed by atoms with Crippen LogP contribution in [0.3, 0.4) is 0 Å². The van der Waals surface area contributed by atoms with E-state index in [2.05, 4.69) is 53.3 Å². The predicted molar refractivity (Wildman–Crippen MR) is 102 cm³/mol. The van der Waals surface area contributed by atoms with Gasteiger partial charge in [0.25, 0.3) is 5.91 Å². The van der Waals surface area contributed by atoms with Crippen LogP contribution in [-0.2, 0) is 13.0 Å². The first-order valence-electron chi connectivity index (χ1n) is 9.68. The normalized spacial score (nSPS) is 17.2. The van der Waals surface area contributed by atoms with Crippen LogP contribution in [0.4, 0.5) is 0 Å². The lowest BCUT2D eigenvalue weighted by Crippen LogP contribution is -2.38. The first-order chi connectivity index (χ1) is 12.7. The summed E-state index contributed by atoms with van der Waals surface area (Å²) in [6.45, 7) is 8.78. The van der Waals surface area contributed by atoms with Gasteiger partial charge in [-0.2, -0.15) is 0 Å². The molecule has 0 spiro atoms. The lowest BCUT2D eigenvalue weighted by Gasteiger charge is -2.25. The molecule has 6 heteroatoms. The van der Waals surface area contributed by atoms with E-state index in [0.717, 1.165) is 52.0 Å².